The van der Waals surface area contributed by atoms with Crippen molar-refractivity contribution in [2.24, 2.45) is 5.16 Å². The number of carbonyl (C=O) groups is 2. The monoisotopic (exact) mass is 456 g/mol. The molecular weight excluding hydrogens is 424 g/mol. The van der Waals surface area contributed by atoms with E-state index in [2.05, 4.69) is 17.3 Å². The van der Waals surface area contributed by atoms with Crippen molar-refractivity contribution in [3.05, 3.63) is 47.6 Å². The molecule has 1 amide bonds. The maximum Gasteiger partial charge on any atom is 0.342 e. The van der Waals surface area contributed by atoms with Crippen molar-refractivity contribution in [2.75, 3.05) is 26.3 Å². The van der Waals surface area contributed by atoms with Crippen molar-refractivity contribution >= 4 is 17.6 Å². The number of carbonyl (C=O) groups excluding carboxylic acids is 2. The van der Waals surface area contributed by atoms with Crippen LogP contribution in [0.15, 0.2) is 41.6 Å². The Kier molecular flexibility index (Phi) is 9.35. The van der Waals surface area contributed by atoms with Gasteiger partial charge in [-0.3, -0.25) is 4.79 Å². The first-order valence-corrected chi connectivity index (χ1v) is 11.5. The van der Waals surface area contributed by atoms with E-state index in [4.69, 9.17) is 9.57 Å². The van der Waals surface area contributed by atoms with Crippen LogP contribution in [0.5, 0.6) is 11.5 Å². The van der Waals surface area contributed by atoms with Crippen molar-refractivity contribution in [3.8, 4) is 11.5 Å². The van der Waals surface area contributed by atoms with E-state index in [1.807, 2.05) is 6.08 Å². The van der Waals surface area contributed by atoms with Gasteiger partial charge in [0.25, 0.3) is 5.91 Å². The van der Waals surface area contributed by atoms with Crippen molar-refractivity contribution in [3.63, 3.8) is 0 Å². The zero-order chi connectivity index (χ0) is 23.5. The number of amides is 1. The largest absolute Gasteiger partial charge is 0.508 e. The van der Waals surface area contributed by atoms with Gasteiger partial charge < -0.3 is 24.7 Å². The first kappa shape index (κ1) is 24.4. The molecule has 33 heavy (non-hydrogen) atoms. The highest BCUT2D eigenvalue weighted by Gasteiger charge is 2.21. The average molecular weight is 457 g/mol. The van der Waals surface area contributed by atoms with Gasteiger partial charge in [-0.2, -0.15) is 0 Å². The molecule has 1 aromatic rings. The van der Waals surface area contributed by atoms with Crippen LogP contribution in [0.25, 0.3) is 0 Å². The van der Waals surface area contributed by atoms with E-state index in [1.165, 1.54) is 6.07 Å². The third kappa shape index (κ3) is 7.66. The molecule has 8 nitrogen and oxygen atoms in total. The van der Waals surface area contributed by atoms with Crippen LogP contribution < -0.4 is 0 Å². The van der Waals surface area contributed by atoms with Crippen LogP contribution in [0.4, 0.5) is 0 Å². The van der Waals surface area contributed by atoms with Crippen LogP contribution in [0.1, 0.15) is 60.9 Å². The molecule has 1 aromatic carbocycles. The van der Waals surface area contributed by atoms with Crippen molar-refractivity contribution in [1.29, 1.82) is 0 Å². The number of likely N-dealkylation sites (tertiary alicyclic amines) is 1. The van der Waals surface area contributed by atoms with Gasteiger partial charge in [0, 0.05) is 25.6 Å². The summed E-state index contributed by atoms with van der Waals surface area (Å²) in [5.41, 5.74) is 0.808. The number of cyclic esters (lactones) is 1. The summed E-state index contributed by atoms with van der Waals surface area (Å²) < 4.78 is 5.33. The topological polar surface area (TPSA) is 109 Å². The lowest BCUT2D eigenvalue weighted by Crippen LogP contribution is -2.37. The SMILES string of the molecule is O=C1OCCC/C=C/CC/C=C/C(=N\OCC(=O)N2CCCCC2)Cc2cc(O)cc(O)c21. The van der Waals surface area contributed by atoms with E-state index in [9.17, 15) is 19.8 Å². The van der Waals surface area contributed by atoms with Gasteiger partial charge in [-0.25, -0.2) is 4.79 Å². The molecule has 2 heterocycles. The van der Waals surface area contributed by atoms with Crippen LogP contribution in [0.2, 0.25) is 0 Å². The summed E-state index contributed by atoms with van der Waals surface area (Å²) in [7, 11) is 0. The number of fused-ring (bicyclic) bond motifs is 1. The Labute approximate surface area is 194 Å². The van der Waals surface area contributed by atoms with Gasteiger partial charge in [0.1, 0.15) is 17.1 Å². The number of nitrogens with zero attached hydrogens (tertiary/aromatic N) is 2. The summed E-state index contributed by atoms with van der Waals surface area (Å²) in [6.45, 7) is 1.53. The Hall–Kier alpha value is -3.29. The maximum atomic E-state index is 12.6. The number of oxime groups is 1. The highest BCUT2D eigenvalue weighted by atomic mass is 16.6. The lowest BCUT2D eigenvalue weighted by atomic mass is 10.00. The van der Waals surface area contributed by atoms with Gasteiger partial charge >= 0.3 is 5.97 Å². The molecule has 3 rings (SSSR count). The van der Waals surface area contributed by atoms with E-state index >= 15 is 0 Å². The summed E-state index contributed by atoms with van der Waals surface area (Å²) in [5.74, 6) is -1.30. The molecule has 0 aromatic heterocycles. The number of phenolic OH excluding ortho intramolecular Hbond substituents is 2. The second-order valence-electron chi connectivity index (χ2n) is 8.20. The minimum atomic E-state index is -0.661. The van der Waals surface area contributed by atoms with E-state index in [-0.39, 0.29) is 42.6 Å². The fourth-order valence-electron chi connectivity index (χ4n) is 3.85. The summed E-state index contributed by atoms with van der Waals surface area (Å²) in [5, 5.41) is 24.4. The highest BCUT2D eigenvalue weighted by molar-refractivity contribution is 6.00. The normalized spacial score (nSPS) is 21.3. The third-order valence-electron chi connectivity index (χ3n) is 5.56. The van der Waals surface area contributed by atoms with Crippen LogP contribution >= 0.6 is 0 Å². The number of ether oxygens (including phenoxy) is 1. The highest BCUT2D eigenvalue weighted by Crippen LogP contribution is 2.29. The molecule has 0 radical (unpaired) electrons. The number of benzene rings is 1. The number of hydrogen-bond donors (Lipinski definition) is 2. The Morgan fingerprint density at radius 1 is 1.03 bits per heavy atom. The molecule has 1 fully saturated rings. The zero-order valence-electron chi connectivity index (χ0n) is 18.9. The van der Waals surface area contributed by atoms with Crippen LogP contribution in [-0.4, -0.2) is 59.0 Å². The second-order valence-corrected chi connectivity index (χ2v) is 8.20. The number of esters is 1. The number of hydrogen-bond acceptors (Lipinski definition) is 7. The number of rotatable bonds is 3. The van der Waals surface area contributed by atoms with Gasteiger partial charge in [0.15, 0.2) is 6.61 Å². The lowest BCUT2D eigenvalue weighted by Gasteiger charge is -2.26. The fraction of sp³-hybridized carbons (Fsp3) is 0.480. The standard InChI is InChI=1S/C25H32N2O6/c28-21-16-19-15-20(26-33-18-23(30)27-12-8-6-9-13-27)11-7-4-2-1-3-5-10-14-32-25(31)24(19)22(29)17-21/h1,3,7,11,16-17,28-29H,2,4-6,8-10,12-15,18H2/b3-1+,11-7+,26-20+. The van der Waals surface area contributed by atoms with Gasteiger partial charge in [-0.15, -0.1) is 0 Å². The maximum absolute atomic E-state index is 12.6. The minimum absolute atomic E-state index is 0.0105. The Balaban J connectivity index is 1.80. The van der Waals surface area contributed by atoms with Crippen molar-refractivity contribution in [1.82, 2.24) is 4.90 Å². The minimum Gasteiger partial charge on any atom is -0.508 e. The average Bonchev–Trinajstić information content (AvgIpc) is 2.80. The van der Waals surface area contributed by atoms with Gasteiger partial charge in [-0.1, -0.05) is 23.4 Å². The lowest BCUT2D eigenvalue weighted by molar-refractivity contribution is -0.137. The smallest absolute Gasteiger partial charge is 0.342 e. The quantitative estimate of drug-likeness (QED) is 0.406. The van der Waals surface area contributed by atoms with E-state index < -0.39 is 5.97 Å². The number of aromatic hydroxyl groups is 2. The molecule has 0 spiro atoms. The first-order chi connectivity index (χ1) is 16.0. The van der Waals surface area contributed by atoms with Gasteiger partial charge in [-0.05, 0) is 62.7 Å². The number of piperidine rings is 1. The second kappa shape index (κ2) is 12.7. The van der Waals surface area contributed by atoms with Crippen LogP contribution in [0, 0.1) is 0 Å². The Morgan fingerprint density at radius 2 is 1.79 bits per heavy atom. The molecule has 1 saturated heterocycles. The van der Waals surface area contributed by atoms with Crippen LogP contribution in [0.3, 0.4) is 0 Å². The Morgan fingerprint density at radius 3 is 2.61 bits per heavy atom. The summed E-state index contributed by atoms with van der Waals surface area (Å²) >= 11 is 0. The van der Waals surface area contributed by atoms with Crippen LogP contribution in [-0.2, 0) is 20.8 Å². The van der Waals surface area contributed by atoms with E-state index in [0.717, 1.165) is 57.7 Å². The van der Waals surface area contributed by atoms with Crippen molar-refractivity contribution in [2.45, 2.75) is 51.4 Å². The zero-order valence-corrected chi connectivity index (χ0v) is 18.9. The molecular formula is C25H32N2O6. The van der Waals surface area contributed by atoms with Gasteiger partial charge in [0.2, 0.25) is 0 Å². The van der Waals surface area contributed by atoms with E-state index in [1.54, 1.807) is 11.0 Å². The molecule has 0 saturated carbocycles. The Bertz CT molecular complexity index is 916. The number of allylic oxidation sites excluding steroid dienone is 4. The van der Waals surface area contributed by atoms with Gasteiger partial charge in [0.05, 0.1) is 12.3 Å². The summed E-state index contributed by atoms with van der Waals surface area (Å²) in [6, 6.07) is 2.51. The molecule has 0 unspecified atom stereocenters. The molecule has 0 bridgehead atoms. The summed E-state index contributed by atoms with van der Waals surface area (Å²) in [6.07, 6.45) is 14.2. The van der Waals surface area contributed by atoms with Crippen molar-refractivity contribution < 1.29 is 29.4 Å². The molecule has 2 aliphatic rings. The third-order valence-corrected chi connectivity index (χ3v) is 5.56. The first-order valence-electron chi connectivity index (χ1n) is 11.5. The van der Waals surface area contributed by atoms with E-state index in [0.29, 0.717) is 17.7 Å². The number of phenols is 2. The molecule has 8 heteroatoms. The molecule has 178 valence electrons. The molecule has 2 aliphatic heterocycles. The molecule has 2 N–H and O–H groups in total. The summed E-state index contributed by atoms with van der Waals surface area (Å²) in [4.78, 5) is 32.2. The predicted molar refractivity (Wildman–Crippen MR) is 124 cm³/mol. The predicted octanol–water partition coefficient (Wildman–Crippen LogP) is 3.87. The fourth-order valence-corrected chi connectivity index (χ4v) is 3.85. The molecule has 0 aliphatic carbocycles. The molecule has 0 atom stereocenters.